The van der Waals surface area contributed by atoms with E-state index in [-0.39, 0.29) is 16.4 Å². The summed E-state index contributed by atoms with van der Waals surface area (Å²) in [6.07, 6.45) is 2.83. The van der Waals surface area contributed by atoms with Crippen LogP contribution in [0.4, 0.5) is 0 Å². The molecule has 0 fully saturated rings. The Hall–Kier alpha value is -2.22. The minimum atomic E-state index is -0.710. The summed E-state index contributed by atoms with van der Waals surface area (Å²) in [6, 6.07) is 0. The van der Waals surface area contributed by atoms with Crippen molar-refractivity contribution < 1.29 is 19.1 Å². The van der Waals surface area contributed by atoms with Gasteiger partial charge >= 0.3 is 11.9 Å². The van der Waals surface area contributed by atoms with E-state index in [1.165, 1.54) is 6.20 Å². The Bertz CT molecular complexity index is 692. The highest BCUT2D eigenvalue weighted by Gasteiger charge is 2.15. The summed E-state index contributed by atoms with van der Waals surface area (Å²) < 4.78 is 10.3. The third-order valence-electron chi connectivity index (χ3n) is 2.93. The van der Waals surface area contributed by atoms with Gasteiger partial charge in [-0.25, -0.2) is 9.59 Å². The van der Waals surface area contributed by atoms with Crippen LogP contribution in [0.25, 0.3) is 0 Å². The number of nitrogens with one attached hydrogen (secondary N) is 2. The minimum absolute atomic E-state index is 0.124. The van der Waals surface area contributed by atoms with Gasteiger partial charge in [-0.15, -0.1) is 0 Å². The number of H-pyrrole nitrogens is 2. The molecular formula is C15H20N2O5S. The van der Waals surface area contributed by atoms with Gasteiger partial charge in [-0.2, -0.15) is 0 Å². The zero-order valence-corrected chi connectivity index (χ0v) is 14.0. The number of hydrogen-bond donors (Lipinski definition) is 2. The molecule has 0 bridgehead atoms. The number of esters is 2. The van der Waals surface area contributed by atoms with Crippen LogP contribution in [0.15, 0.2) is 23.1 Å². The molecule has 0 saturated carbocycles. The molecule has 0 amide bonds. The molecular weight excluding hydrogens is 320 g/mol. The fraction of sp³-hybridized carbons (Fsp3) is 0.467. The molecule has 1 heterocycles. The summed E-state index contributed by atoms with van der Waals surface area (Å²) in [5.74, 6) is -1.12. The molecule has 0 spiro atoms. The molecule has 8 heteroatoms. The van der Waals surface area contributed by atoms with Gasteiger partial charge in [-0.3, -0.25) is 9.78 Å². The monoisotopic (exact) mass is 340 g/mol. The van der Waals surface area contributed by atoms with E-state index in [4.69, 9.17) is 21.7 Å². The van der Waals surface area contributed by atoms with Crippen molar-refractivity contribution in [2.24, 2.45) is 0 Å². The van der Waals surface area contributed by atoms with Crippen LogP contribution in [0.3, 0.4) is 0 Å². The van der Waals surface area contributed by atoms with Crippen molar-refractivity contribution >= 4 is 24.2 Å². The van der Waals surface area contributed by atoms with Gasteiger partial charge in [0.2, 0.25) is 0 Å². The van der Waals surface area contributed by atoms with Crippen molar-refractivity contribution in [1.82, 2.24) is 9.97 Å². The maximum Gasteiger partial charge on any atom is 0.345 e. The lowest BCUT2D eigenvalue weighted by Crippen LogP contribution is -2.23. The largest absolute Gasteiger partial charge is 0.462 e. The number of rotatable bonds is 8. The Balaban J connectivity index is 2.33. The summed E-state index contributed by atoms with van der Waals surface area (Å²) in [6.45, 7) is 7.10. The summed E-state index contributed by atoms with van der Waals surface area (Å²) in [7, 11) is 0. The van der Waals surface area contributed by atoms with Crippen molar-refractivity contribution in [3.05, 3.63) is 39.0 Å². The lowest BCUT2D eigenvalue weighted by molar-refractivity contribution is -0.139. The Labute approximate surface area is 138 Å². The quantitative estimate of drug-likeness (QED) is 0.326. The van der Waals surface area contributed by atoms with Crippen LogP contribution < -0.4 is 5.56 Å². The molecule has 126 valence electrons. The van der Waals surface area contributed by atoms with Gasteiger partial charge < -0.3 is 14.5 Å². The van der Waals surface area contributed by atoms with Crippen molar-refractivity contribution in [1.29, 1.82) is 0 Å². The van der Waals surface area contributed by atoms with Crippen LogP contribution in [-0.4, -0.2) is 34.6 Å². The molecule has 1 aromatic heterocycles. The molecule has 0 radical (unpaired) electrons. The second-order valence-electron chi connectivity index (χ2n) is 5.11. The Morgan fingerprint density at radius 1 is 1.39 bits per heavy atom. The molecule has 23 heavy (non-hydrogen) atoms. The number of carbonyl (C=O) groups excluding carboxylic acids is 2. The average Bonchev–Trinajstić information content (AvgIpc) is 2.46. The van der Waals surface area contributed by atoms with Crippen LogP contribution in [-0.2, 0) is 14.3 Å². The zero-order chi connectivity index (χ0) is 17.4. The maximum absolute atomic E-state index is 11.9. The second-order valence-corrected chi connectivity index (χ2v) is 5.52. The highest BCUT2D eigenvalue weighted by atomic mass is 32.1. The summed E-state index contributed by atoms with van der Waals surface area (Å²) >= 11 is 4.75. The summed E-state index contributed by atoms with van der Waals surface area (Å²) in [5.41, 5.74) is -0.349. The first kappa shape index (κ1) is 18.8. The average molecular weight is 340 g/mol. The van der Waals surface area contributed by atoms with E-state index in [0.717, 1.165) is 0 Å². The molecule has 1 rings (SSSR count). The van der Waals surface area contributed by atoms with Crippen LogP contribution in [0.1, 0.15) is 43.5 Å². The van der Waals surface area contributed by atoms with E-state index < -0.39 is 17.5 Å². The Kier molecular flexibility index (Phi) is 7.40. The third-order valence-corrected chi connectivity index (χ3v) is 3.15. The van der Waals surface area contributed by atoms with Crippen molar-refractivity contribution in [3.8, 4) is 0 Å². The number of hydrogen-bond acceptors (Lipinski definition) is 6. The van der Waals surface area contributed by atoms with Crippen LogP contribution in [0, 0.1) is 4.77 Å². The molecule has 1 atom stereocenters. The molecule has 1 unspecified atom stereocenters. The van der Waals surface area contributed by atoms with E-state index in [2.05, 4.69) is 16.5 Å². The molecule has 0 aliphatic heterocycles. The smallest absolute Gasteiger partial charge is 0.345 e. The van der Waals surface area contributed by atoms with E-state index in [0.29, 0.717) is 31.4 Å². The molecule has 0 aromatic carbocycles. The second kappa shape index (κ2) is 9.04. The fourth-order valence-corrected chi connectivity index (χ4v) is 1.84. The SMILES string of the molecule is C=C(C)C(=O)OCCCCC(C)OC(=O)c1c[nH]c(=S)[nH]c1=O. The van der Waals surface area contributed by atoms with Crippen molar-refractivity contribution in [2.75, 3.05) is 6.61 Å². The van der Waals surface area contributed by atoms with Crippen LogP contribution in [0.5, 0.6) is 0 Å². The fourth-order valence-electron chi connectivity index (χ4n) is 1.69. The van der Waals surface area contributed by atoms with Gasteiger partial charge in [-0.1, -0.05) is 6.58 Å². The lowest BCUT2D eigenvalue weighted by atomic mass is 10.2. The van der Waals surface area contributed by atoms with Crippen LogP contribution >= 0.6 is 12.2 Å². The number of aromatic amines is 2. The number of unbranched alkanes of at least 4 members (excludes halogenated alkanes) is 1. The molecule has 2 N–H and O–H groups in total. The van der Waals surface area contributed by atoms with Gasteiger partial charge in [-0.05, 0) is 45.3 Å². The van der Waals surface area contributed by atoms with E-state index in [9.17, 15) is 14.4 Å². The third kappa shape index (κ3) is 6.60. The first-order valence-corrected chi connectivity index (χ1v) is 7.57. The van der Waals surface area contributed by atoms with Crippen molar-refractivity contribution in [2.45, 2.75) is 39.2 Å². The number of ether oxygens (including phenoxy) is 2. The van der Waals surface area contributed by atoms with Crippen molar-refractivity contribution in [3.63, 3.8) is 0 Å². The topological polar surface area (TPSA) is 101 Å². The summed E-state index contributed by atoms with van der Waals surface area (Å²) in [4.78, 5) is 39.5. The predicted octanol–water partition coefficient (Wildman–Crippen LogP) is 2.27. The van der Waals surface area contributed by atoms with Gasteiger partial charge in [0.15, 0.2) is 4.77 Å². The van der Waals surface area contributed by atoms with Gasteiger partial charge in [0.1, 0.15) is 5.56 Å². The normalized spacial score (nSPS) is 11.6. The lowest BCUT2D eigenvalue weighted by Gasteiger charge is -2.12. The molecule has 0 aliphatic rings. The molecule has 0 saturated heterocycles. The summed E-state index contributed by atoms with van der Waals surface area (Å²) in [5, 5.41) is 0. The first-order chi connectivity index (χ1) is 10.8. The van der Waals surface area contributed by atoms with Gasteiger partial charge in [0, 0.05) is 11.8 Å². The zero-order valence-electron chi connectivity index (χ0n) is 13.1. The first-order valence-electron chi connectivity index (χ1n) is 7.17. The highest BCUT2D eigenvalue weighted by molar-refractivity contribution is 7.71. The number of aromatic nitrogens is 2. The molecule has 1 aromatic rings. The molecule has 0 aliphatic carbocycles. The van der Waals surface area contributed by atoms with E-state index in [1.807, 2.05) is 0 Å². The molecule has 7 nitrogen and oxygen atoms in total. The van der Waals surface area contributed by atoms with E-state index in [1.54, 1.807) is 13.8 Å². The highest BCUT2D eigenvalue weighted by Crippen LogP contribution is 2.07. The Morgan fingerprint density at radius 2 is 2.09 bits per heavy atom. The predicted molar refractivity (Wildman–Crippen MR) is 86.7 cm³/mol. The van der Waals surface area contributed by atoms with Crippen LogP contribution in [0.2, 0.25) is 0 Å². The van der Waals surface area contributed by atoms with E-state index >= 15 is 0 Å². The number of carbonyl (C=O) groups is 2. The Morgan fingerprint density at radius 3 is 2.70 bits per heavy atom. The minimum Gasteiger partial charge on any atom is -0.462 e. The van der Waals surface area contributed by atoms with Gasteiger partial charge in [0.05, 0.1) is 12.7 Å². The van der Waals surface area contributed by atoms with Gasteiger partial charge in [0.25, 0.3) is 5.56 Å². The maximum atomic E-state index is 11.9. The standard InChI is InChI=1S/C15H20N2O5S/c1-9(2)13(19)21-7-5-4-6-10(3)22-14(20)11-8-16-15(23)17-12(11)18/h8,10H,1,4-7H2,2-3H3,(H2,16,17,18,23).